The van der Waals surface area contributed by atoms with Gasteiger partial charge in [0, 0.05) is 67.0 Å². The standard InChI is InChI=1S/C22H20FN5O/c1-27(2)20(29)14-5-6-17-18(10-14)28(13-22(17)7-8-22)21-25-11-15(12-26-21)16-4-3-9-24-19(16)23/h3-6,9-12H,7-8,13H2,1-2H3. The third-order valence-corrected chi connectivity index (χ3v) is 5.78. The molecule has 0 bridgehead atoms. The van der Waals surface area contributed by atoms with E-state index >= 15 is 0 Å². The van der Waals surface area contributed by atoms with Crippen LogP contribution in [0.25, 0.3) is 11.1 Å². The number of benzene rings is 1. The summed E-state index contributed by atoms with van der Waals surface area (Å²) in [5, 5.41) is 0. The van der Waals surface area contributed by atoms with Gasteiger partial charge in [-0.05, 0) is 42.7 Å². The molecule has 0 atom stereocenters. The quantitative estimate of drug-likeness (QED) is 0.641. The van der Waals surface area contributed by atoms with Crippen LogP contribution < -0.4 is 4.90 Å². The smallest absolute Gasteiger partial charge is 0.253 e. The van der Waals surface area contributed by atoms with Gasteiger partial charge in [0.15, 0.2) is 0 Å². The van der Waals surface area contributed by atoms with E-state index in [1.807, 2.05) is 12.1 Å². The molecule has 1 amide bonds. The van der Waals surface area contributed by atoms with Crippen molar-refractivity contribution in [3.05, 3.63) is 66.0 Å². The summed E-state index contributed by atoms with van der Waals surface area (Å²) >= 11 is 0. The Kier molecular flexibility index (Phi) is 3.87. The summed E-state index contributed by atoms with van der Waals surface area (Å²) in [6.07, 6.45) is 6.90. The van der Waals surface area contributed by atoms with Gasteiger partial charge in [-0.15, -0.1) is 0 Å². The van der Waals surface area contributed by atoms with Crippen LogP contribution in [-0.2, 0) is 5.41 Å². The molecular formula is C22H20FN5O. The molecule has 0 radical (unpaired) electrons. The number of anilines is 2. The number of carbonyl (C=O) groups excluding carboxylic acids is 1. The Morgan fingerprint density at radius 2 is 1.90 bits per heavy atom. The Bertz CT molecular complexity index is 1110. The van der Waals surface area contributed by atoms with Gasteiger partial charge < -0.3 is 9.80 Å². The Balaban J connectivity index is 1.52. The number of pyridine rings is 1. The maximum atomic E-state index is 14.0. The molecule has 29 heavy (non-hydrogen) atoms. The molecule has 1 spiro atoms. The predicted molar refractivity (Wildman–Crippen MR) is 108 cm³/mol. The third kappa shape index (κ3) is 2.85. The van der Waals surface area contributed by atoms with Crippen molar-refractivity contribution in [2.24, 2.45) is 0 Å². The lowest BCUT2D eigenvalue weighted by atomic mass is 9.97. The minimum absolute atomic E-state index is 0.0344. The highest BCUT2D eigenvalue weighted by molar-refractivity contribution is 5.95. The fourth-order valence-corrected chi connectivity index (χ4v) is 4.03. The zero-order valence-electron chi connectivity index (χ0n) is 16.3. The van der Waals surface area contributed by atoms with Crippen LogP contribution in [0, 0.1) is 5.95 Å². The zero-order valence-corrected chi connectivity index (χ0v) is 16.3. The Morgan fingerprint density at radius 1 is 1.14 bits per heavy atom. The molecule has 3 heterocycles. The van der Waals surface area contributed by atoms with Crippen LogP contribution in [0.5, 0.6) is 0 Å². The van der Waals surface area contributed by atoms with Crippen LogP contribution in [0.2, 0.25) is 0 Å². The summed E-state index contributed by atoms with van der Waals surface area (Å²) in [4.78, 5) is 28.8. The first-order valence-corrected chi connectivity index (χ1v) is 9.55. The minimum atomic E-state index is -0.542. The van der Waals surface area contributed by atoms with Crippen molar-refractivity contribution in [2.75, 3.05) is 25.5 Å². The maximum Gasteiger partial charge on any atom is 0.253 e. The van der Waals surface area contributed by atoms with Gasteiger partial charge in [-0.1, -0.05) is 6.07 Å². The number of halogens is 1. The minimum Gasteiger partial charge on any atom is -0.345 e. The summed E-state index contributed by atoms with van der Waals surface area (Å²) in [5.41, 5.74) is 3.96. The fraction of sp³-hybridized carbons (Fsp3) is 0.273. The van der Waals surface area contributed by atoms with Crippen molar-refractivity contribution in [3.63, 3.8) is 0 Å². The lowest BCUT2D eigenvalue weighted by molar-refractivity contribution is 0.0827. The van der Waals surface area contributed by atoms with E-state index in [9.17, 15) is 9.18 Å². The van der Waals surface area contributed by atoms with Crippen molar-refractivity contribution in [3.8, 4) is 11.1 Å². The molecule has 2 aliphatic rings. The topological polar surface area (TPSA) is 62.2 Å². The van der Waals surface area contributed by atoms with Gasteiger partial charge in [-0.3, -0.25) is 4.79 Å². The number of hydrogen-bond acceptors (Lipinski definition) is 5. The van der Waals surface area contributed by atoms with Crippen LogP contribution >= 0.6 is 0 Å². The largest absolute Gasteiger partial charge is 0.345 e. The predicted octanol–water partition coefficient (Wildman–Crippen LogP) is 3.56. The summed E-state index contributed by atoms with van der Waals surface area (Å²) < 4.78 is 14.0. The molecule has 0 unspecified atom stereocenters. The lowest BCUT2D eigenvalue weighted by Gasteiger charge is -2.19. The second-order valence-electron chi connectivity index (χ2n) is 7.91. The Labute approximate surface area is 168 Å². The van der Waals surface area contributed by atoms with E-state index < -0.39 is 5.95 Å². The lowest BCUT2D eigenvalue weighted by Crippen LogP contribution is -2.22. The third-order valence-electron chi connectivity index (χ3n) is 5.78. The number of amides is 1. The second-order valence-corrected chi connectivity index (χ2v) is 7.91. The first-order chi connectivity index (χ1) is 14.0. The molecule has 0 saturated heterocycles. The summed E-state index contributed by atoms with van der Waals surface area (Å²) in [7, 11) is 3.49. The van der Waals surface area contributed by atoms with Crippen molar-refractivity contribution >= 4 is 17.5 Å². The second kappa shape index (κ2) is 6.34. The molecule has 7 heteroatoms. The highest BCUT2D eigenvalue weighted by Gasteiger charge is 2.52. The van der Waals surface area contributed by atoms with Crippen LogP contribution in [0.4, 0.5) is 16.0 Å². The van der Waals surface area contributed by atoms with E-state index in [2.05, 4.69) is 25.9 Å². The SMILES string of the molecule is CN(C)C(=O)c1ccc2c(c1)N(c1ncc(-c3cccnc3F)cn1)CC21CC1. The van der Waals surface area contributed by atoms with E-state index in [1.165, 1.54) is 11.8 Å². The highest BCUT2D eigenvalue weighted by Crippen LogP contribution is 2.57. The van der Waals surface area contributed by atoms with Crippen LogP contribution in [0.1, 0.15) is 28.8 Å². The monoisotopic (exact) mass is 389 g/mol. The maximum absolute atomic E-state index is 14.0. The Hall–Kier alpha value is -3.35. The number of fused-ring (bicyclic) bond motifs is 2. The van der Waals surface area contributed by atoms with Crippen LogP contribution in [0.3, 0.4) is 0 Å². The fourth-order valence-electron chi connectivity index (χ4n) is 4.03. The number of aromatic nitrogens is 3. The molecule has 1 fully saturated rings. The van der Waals surface area contributed by atoms with E-state index in [-0.39, 0.29) is 11.3 Å². The van der Waals surface area contributed by atoms with Gasteiger partial charge >= 0.3 is 0 Å². The first kappa shape index (κ1) is 17.7. The van der Waals surface area contributed by atoms with Crippen LogP contribution in [-0.4, -0.2) is 46.4 Å². The van der Waals surface area contributed by atoms with Gasteiger partial charge in [-0.25, -0.2) is 15.0 Å². The van der Waals surface area contributed by atoms with Crippen molar-refractivity contribution < 1.29 is 9.18 Å². The zero-order chi connectivity index (χ0) is 20.2. The first-order valence-electron chi connectivity index (χ1n) is 9.55. The van der Waals surface area contributed by atoms with Gasteiger partial charge in [-0.2, -0.15) is 4.39 Å². The molecule has 1 aromatic carbocycles. The molecule has 146 valence electrons. The van der Waals surface area contributed by atoms with E-state index in [0.29, 0.717) is 22.6 Å². The van der Waals surface area contributed by atoms with E-state index in [1.54, 1.807) is 43.5 Å². The van der Waals surface area contributed by atoms with Gasteiger partial charge in [0.1, 0.15) is 0 Å². The molecule has 1 aliphatic heterocycles. The molecule has 0 N–H and O–H groups in total. The molecule has 1 aliphatic carbocycles. The van der Waals surface area contributed by atoms with Gasteiger partial charge in [0.25, 0.3) is 5.91 Å². The average molecular weight is 389 g/mol. The molecule has 1 saturated carbocycles. The molecule has 6 nitrogen and oxygen atoms in total. The average Bonchev–Trinajstić information content (AvgIpc) is 3.44. The van der Waals surface area contributed by atoms with Crippen molar-refractivity contribution in [1.82, 2.24) is 19.9 Å². The van der Waals surface area contributed by atoms with E-state index in [0.717, 1.165) is 25.1 Å². The summed E-state index contributed by atoms with van der Waals surface area (Å²) in [6, 6.07) is 9.24. The van der Waals surface area contributed by atoms with Crippen molar-refractivity contribution in [1.29, 1.82) is 0 Å². The molecular weight excluding hydrogens is 369 g/mol. The summed E-state index contributed by atoms with van der Waals surface area (Å²) in [6.45, 7) is 0.794. The van der Waals surface area contributed by atoms with Gasteiger partial charge in [0.2, 0.25) is 11.9 Å². The molecule has 2 aromatic heterocycles. The number of carbonyl (C=O) groups is 1. The number of hydrogen-bond donors (Lipinski definition) is 0. The number of nitrogens with zero attached hydrogens (tertiary/aromatic N) is 5. The normalized spacial score (nSPS) is 16.0. The highest BCUT2D eigenvalue weighted by atomic mass is 19.1. The van der Waals surface area contributed by atoms with Gasteiger partial charge in [0.05, 0.1) is 0 Å². The molecule has 5 rings (SSSR count). The number of rotatable bonds is 3. The summed E-state index contributed by atoms with van der Waals surface area (Å²) in [5.74, 6) is -0.0236. The molecule has 3 aromatic rings. The van der Waals surface area contributed by atoms with Crippen molar-refractivity contribution in [2.45, 2.75) is 18.3 Å². The Morgan fingerprint density at radius 3 is 2.55 bits per heavy atom. The van der Waals surface area contributed by atoms with Crippen LogP contribution in [0.15, 0.2) is 48.9 Å². The van der Waals surface area contributed by atoms with E-state index in [4.69, 9.17) is 0 Å².